The summed E-state index contributed by atoms with van der Waals surface area (Å²) < 4.78 is 5.33. The molecule has 5 nitrogen and oxygen atoms in total. The molecule has 1 aromatic carbocycles. The average molecular weight is 259 g/mol. The molecular formula is C11H15ClN2O3. The van der Waals surface area contributed by atoms with Gasteiger partial charge in [0.25, 0.3) is 5.69 Å². The molecule has 1 aromatic rings. The van der Waals surface area contributed by atoms with Gasteiger partial charge < -0.3 is 10.1 Å². The Hall–Kier alpha value is -1.17. The number of nitro groups is 1. The number of rotatable bonds is 2. The van der Waals surface area contributed by atoms with Gasteiger partial charge in [0.05, 0.1) is 24.2 Å². The molecule has 2 rings (SSSR count). The first kappa shape index (κ1) is 13.9. The second-order valence-corrected chi connectivity index (χ2v) is 3.88. The van der Waals surface area contributed by atoms with Crippen molar-refractivity contribution in [3.05, 3.63) is 39.4 Å². The highest BCUT2D eigenvalue weighted by Crippen LogP contribution is 2.24. The number of nitro benzene ring substituents is 1. The number of benzene rings is 1. The van der Waals surface area contributed by atoms with Crippen molar-refractivity contribution in [3.8, 4) is 0 Å². The van der Waals surface area contributed by atoms with Crippen molar-refractivity contribution in [1.82, 2.24) is 5.32 Å². The van der Waals surface area contributed by atoms with Gasteiger partial charge in [0.2, 0.25) is 0 Å². The van der Waals surface area contributed by atoms with Gasteiger partial charge in [-0.3, -0.25) is 10.1 Å². The summed E-state index contributed by atoms with van der Waals surface area (Å²) in [5.41, 5.74) is 1.77. The molecule has 0 spiro atoms. The van der Waals surface area contributed by atoms with Crippen LogP contribution in [0.25, 0.3) is 0 Å². The molecule has 0 unspecified atom stereocenters. The van der Waals surface area contributed by atoms with Gasteiger partial charge in [-0.15, -0.1) is 12.4 Å². The van der Waals surface area contributed by atoms with Crippen molar-refractivity contribution in [3.63, 3.8) is 0 Å². The third-order valence-electron chi connectivity index (χ3n) is 2.75. The van der Waals surface area contributed by atoms with Gasteiger partial charge in [-0.1, -0.05) is 12.1 Å². The maximum atomic E-state index is 10.8. The van der Waals surface area contributed by atoms with Gasteiger partial charge in [0.15, 0.2) is 0 Å². The number of nitrogens with zero attached hydrogens (tertiary/aromatic N) is 1. The Kier molecular flexibility index (Phi) is 4.86. The number of morpholine rings is 1. The number of nitrogens with one attached hydrogen (secondary N) is 1. The highest BCUT2D eigenvalue weighted by atomic mass is 35.5. The van der Waals surface area contributed by atoms with Crippen LogP contribution < -0.4 is 5.32 Å². The van der Waals surface area contributed by atoms with Crippen LogP contribution in [0, 0.1) is 17.0 Å². The SMILES string of the molecule is Cc1ccc([C@@H]2COCCN2)cc1[N+](=O)[O-].Cl. The summed E-state index contributed by atoms with van der Waals surface area (Å²) >= 11 is 0. The maximum Gasteiger partial charge on any atom is 0.272 e. The Morgan fingerprint density at radius 1 is 1.53 bits per heavy atom. The zero-order valence-corrected chi connectivity index (χ0v) is 10.3. The lowest BCUT2D eigenvalue weighted by Gasteiger charge is -2.24. The molecule has 1 atom stereocenters. The molecule has 17 heavy (non-hydrogen) atoms. The van der Waals surface area contributed by atoms with E-state index in [0.717, 1.165) is 12.1 Å². The minimum Gasteiger partial charge on any atom is -0.378 e. The fourth-order valence-electron chi connectivity index (χ4n) is 1.82. The monoisotopic (exact) mass is 258 g/mol. The smallest absolute Gasteiger partial charge is 0.272 e. The fraction of sp³-hybridized carbons (Fsp3) is 0.455. The van der Waals surface area contributed by atoms with Crippen molar-refractivity contribution in [2.75, 3.05) is 19.8 Å². The minimum absolute atomic E-state index is 0. The molecule has 94 valence electrons. The van der Waals surface area contributed by atoms with Crippen LogP contribution in [0.3, 0.4) is 0 Å². The highest BCUT2D eigenvalue weighted by molar-refractivity contribution is 5.85. The van der Waals surface area contributed by atoms with Crippen LogP contribution in [0.4, 0.5) is 5.69 Å². The van der Waals surface area contributed by atoms with E-state index >= 15 is 0 Å². The number of halogens is 1. The summed E-state index contributed by atoms with van der Waals surface area (Å²) in [5.74, 6) is 0. The number of hydrogen-bond donors (Lipinski definition) is 1. The minimum atomic E-state index is -0.345. The van der Waals surface area contributed by atoms with Gasteiger partial charge in [0, 0.05) is 18.2 Å². The Morgan fingerprint density at radius 3 is 2.88 bits per heavy atom. The number of ether oxygens (including phenoxy) is 1. The van der Waals surface area contributed by atoms with Crippen LogP contribution >= 0.6 is 12.4 Å². The molecule has 0 radical (unpaired) electrons. The molecule has 1 aliphatic rings. The molecule has 1 N–H and O–H groups in total. The molecule has 0 amide bonds. The van der Waals surface area contributed by atoms with Gasteiger partial charge >= 0.3 is 0 Å². The molecule has 6 heteroatoms. The topological polar surface area (TPSA) is 64.4 Å². The van der Waals surface area contributed by atoms with Crippen LogP contribution in [0.1, 0.15) is 17.2 Å². The molecular weight excluding hydrogens is 244 g/mol. The van der Waals surface area contributed by atoms with E-state index in [4.69, 9.17) is 4.74 Å². The Labute approximate surface area is 106 Å². The normalized spacial score (nSPS) is 19.5. The molecule has 0 saturated carbocycles. The number of hydrogen-bond acceptors (Lipinski definition) is 4. The third-order valence-corrected chi connectivity index (χ3v) is 2.75. The van der Waals surface area contributed by atoms with Crippen LogP contribution in [0.2, 0.25) is 0 Å². The van der Waals surface area contributed by atoms with E-state index in [1.807, 2.05) is 6.07 Å². The highest BCUT2D eigenvalue weighted by Gasteiger charge is 2.19. The van der Waals surface area contributed by atoms with E-state index in [1.54, 1.807) is 19.1 Å². The first-order valence-corrected chi connectivity index (χ1v) is 5.24. The molecule has 1 fully saturated rings. The average Bonchev–Trinajstić information content (AvgIpc) is 2.30. The van der Waals surface area contributed by atoms with Crippen molar-refractivity contribution in [2.24, 2.45) is 0 Å². The summed E-state index contributed by atoms with van der Waals surface area (Å²) in [6, 6.07) is 5.38. The quantitative estimate of drug-likeness (QED) is 0.651. The lowest BCUT2D eigenvalue weighted by Crippen LogP contribution is -2.34. The summed E-state index contributed by atoms with van der Waals surface area (Å²) in [6.45, 7) is 3.80. The summed E-state index contributed by atoms with van der Waals surface area (Å²) in [6.07, 6.45) is 0. The Bertz CT molecular complexity index is 406. The number of aryl methyl sites for hydroxylation is 1. The van der Waals surface area contributed by atoms with Crippen molar-refractivity contribution in [1.29, 1.82) is 0 Å². The maximum absolute atomic E-state index is 10.8. The second-order valence-electron chi connectivity index (χ2n) is 3.88. The van der Waals surface area contributed by atoms with E-state index in [9.17, 15) is 10.1 Å². The van der Waals surface area contributed by atoms with Crippen molar-refractivity contribution < 1.29 is 9.66 Å². The van der Waals surface area contributed by atoms with Gasteiger partial charge in [-0.2, -0.15) is 0 Å². The first-order chi connectivity index (χ1) is 7.68. The van der Waals surface area contributed by atoms with Crippen LogP contribution in [0.15, 0.2) is 18.2 Å². The van der Waals surface area contributed by atoms with E-state index in [1.165, 1.54) is 0 Å². The van der Waals surface area contributed by atoms with Gasteiger partial charge in [-0.25, -0.2) is 0 Å². The first-order valence-electron chi connectivity index (χ1n) is 5.24. The zero-order chi connectivity index (χ0) is 11.5. The summed E-state index contributed by atoms with van der Waals surface area (Å²) in [4.78, 5) is 10.5. The third kappa shape index (κ3) is 3.15. The molecule has 0 bridgehead atoms. The van der Waals surface area contributed by atoms with E-state index in [0.29, 0.717) is 18.8 Å². The van der Waals surface area contributed by atoms with E-state index < -0.39 is 0 Å². The molecule has 1 saturated heterocycles. The van der Waals surface area contributed by atoms with Gasteiger partial charge in [-0.05, 0) is 12.5 Å². The second kappa shape index (κ2) is 5.95. The standard InChI is InChI=1S/C11H14N2O3.ClH/c1-8-2-3-9(6-11(8)13(14)15)10-7-16-5-4-12-10;/h2-3,6,10,12H,4-5,7H2,1H3;1H/t10-;/m0./s1. The van der Waals surface area contributed by atoms with Crippen molar-refractivity contribution in [2.45, 2.75) is 13.0 Å². The molecule has 1 heterocycles. The van der Waals surface area contributed by atoms with Crippen LogP contribution in [-0.4, -0.2) is 24.7 Å². The van der Waals surface area contributed by atoms with E-state index in [2.05, 4.69) is 5.32 Å². The van der Waals surface area contributed by atoms with Crippen LogP contribution in [-0.2, 0) is 4.74 Å². The van der Waals surface area contributed by atoms with Crippen molar-refractivity contribution >= 4 is 18.1 Å². The molecule has 1 aliphatic heterocycles. The Balaban J connectivity index is 0.00000144. The predicted octanol–water partition coefficient (Wildman–Crippen LogP) is 1.99. The lowest BCUT2D eigenvalue weighted by atomic mass is 10.0. The Morgan fingerprint density at radius 2 is 2.29 bits per heavy atom. The van der Waals surface area contributed by atoms with Gasteiger partial charge in [0.1, 0.15) is 0 Å². The lowest BCUT2D eigenvalue weighted by molar-refractivity contribution is -0.385. The predicted molar refractivity (Wildman–Crippen MR) is 66.6 cm³/mol. The molecule has 0 aromatic heterocycles. The fourth-order valence-corrected chi connectivity index (χ4v) is 1.82. The zero-order valence-electron chi connectivity index (χ0n) is 9.51. The molecule has 0 aliphatic carbocycles. The summed E-state index contributed by atoms with van der Waals surface area (Å²) in [7, 11) is 0. The van der Waals surface area contributed by atoms with Crippen LogP contribution in [0.5, 0.6) is 0 Å². The van der Waals surface area contributed by atoms with E-state index in [-0.39, 0.29) is 29.1 Å². The summed E-state index contributed by atoms with van der Waals surface area (Å²) in [5, 5.41) is 14.1. The largest absolute Gasteiger partial charge is 0.378 e.